The monoisotopic (exact) mass is 267 g/mol. The van der Waals surface area contributed by atoms with Crippen LogP contribution in [0.5, 0.6) is 5.75 Å². The number of carbonyl (C=O) groups is 1. The summed E-state index contributed by atoms with van der Waals surface area (Å²) in [6, 6.07) is 7.45. The molecule has 0 spiro atoms. The fourth-order valence-corrected chi connectivity index (χ4v) is 2.72. The summed E-state index contributed by atoms with van der Waals surface area (Å²) in [5, 5.41) is -0.470. The summed E-state index contributed by atoms with van der Waals surface area (Å²) in [4.78, 5) is 12.1. The molecule has 2 rings (SSSR count). The molecule has 0 aliphatic rings. The second-order valence-electron chi connectivity index (χ2n) is 3.47. The first-order valence-corrected chi connectivity index (χ1v) is 6.09. The van der Waals surface area contributed by atoms with E-state index in [1.165, 1.54) is 11.5 Å². The van der Waals surface area contributed by atoms with Crippen molar-refractivity contribution in [2.45, 2.75) is 6.92 Å². The highest BCUT2D eigenvalue weighted by molar-refractivity contribution is 7.10. The summed E-state index contributed by atoms with van der Waals surface area (Å²) in [5.41, 5.74) is 2.07. The van der Waals surface area contributed by atoms with Gasteiger partial charge in [-0.1, -0.05) is 0 Å². The Balaban J connectivity index is 2.49. The van der Waals surface area contributed by atoms with Crippen molar-refractivity contribution in [1.29, 1.82) is 0 Å². The first-order chi connectivity index (χ1) is 8.13. The Morgan fingerprint density at radius 3 is 2.53 bits per heavy atom. The van der Waals surface area contributed by atoms with Crippen LogP contribution in [0.15, 0.2) is 24.3 Å². The molecule has 0 saturated carbocycles. The van der Waals surface area contributed by atoms with Gasteiger partial charge in [0.1, 0.15) is 5.75 Å². The third-order valence-corrected chi connectivity index (χ3v) is 3.59. The molecule has 1 aromatic heterocycles. The lowest BCUT2D eigenvalue weighted by Gasteiger charge is -2.02. The maximum atomic E-state index is 11.4. The van der Waals surface area contributed by atoms with Crippen molar-refractivity contribution in [3.63, 3.8) is 0 Å². The standard InChI is InChI=1S/C12H10ClNO2S/c1-7-10(12(13)15)11(17-14-7)8-3-5-9(16-2)6-4-8/h3-6H,1-2H3. The zero-order chi connectivity index (χ0) is 12.4. The zero-order valence-corrected chi connectivity index (χ0v) is 10.9. The topological polar surface area (TPSA) is 39.2 Å². The summed E-state index contributed by atoms with van der Waals surface area (Å²) >= 11 is 6.84. The molecule has 0 aliphatic carbocycles. The highest BCUT2D eigenvalue weighted by atomic mass is 35.5. The maximum Gasteiger partial charge on any atom is 0.255 e. The zero-order valence-electron chi connectivity index (χ0n) is 9.36. The number of nitrogens with zero attached hydrogens (tertiary/aromatic N) is 1. The highest BCUT2D eigenvalue weighted by Gasteiger charge is 2.17. The van der Waals surface area contributed by atoms with Crippen LogP contribution in [0.4, 0.5) is 0 Å². The molecule has 0 atom stereocenters. The van der Waals surface area contributed by atoms with Gasteiger partial charge in [-0.15, -0.1) is 0 Å². The van der Waals surface area contributed by atoms with E-state index in [0.717, 1.165) is 16.2 Å². The Labute approximate surface area is 108 Å². The predicted molar refractivity (Wildman–Crippen MR) is 69.0 cm³/mol. The van der Waals surface area contributed by atoms with Crippen molar-refractivity contribution < 1.29 is 9.53 Å². The van der Waals surface area contributed by atoms with Crippen LogP contribution in [-0.2, 0) is 0 Å². The number of aromatic nitrogens is 1. The maximum absolute atomic E-state index is 11.4. The van der Waals surface area contributed by atoms with Gasteiger partial charge in [0.25, 0.3) is 5.24 Å². The van der Waals surface area contributed by atoms with Crippen LogP contribution in [0, 0.1) is 6.92 Å². The summed E-state index contributed by atoms with van der Waals surface area (Å²) < 4.78 is 9.24. The molecule has 5 heteroatoms. The van der Waals surface area contributed by atoms with Crippen molar-refractivity contribution in [2.24, 2.45) is 0 Å². The van der Waals surface area contributed by atoms with Crippen molar-refractivity contribution >= 4 is 28.4 Å². The third-order valence-electron chi connectivity index (χ3n) is 2.41. The number of aryl methyl sites for hydroxylation is 1. The van der Waals surface area contributed by atoms with E-state index in [9.17, 15) is 4.79 Å². The summed E-state index contributed by atoms with van der Waals surface area (Å²) in [5.74, 6) is 0.772. The van der Waals surface area contributed by atoms with Crippen molar-refractivity contribution in [3.8, 4) is 16.2 Å². The van der Waals surface area contributed by atoms with Gasteiger partial charge in [-0.05, 0) is 59.9 Å². The molecule has 3 nitrogen and oxygen atoms in total. The van der Waals surface area contributed by atoms with E-state index >= 15 is 0 Å². The molecule has 0 bridgehead atoms. The van der Waals surface area contributed by atoms with Crippen LogP contribution in [-0.4, -0.2) is 16.7 Å². The Morgan fingerprint density at radius 2 is 2.00 bits per heavy atom. The molecule has 1 aromatic carbocycles. The molecule has 88 valence electrons. The van der Waals surface area contributed by atoms with E-state index in [-0.39, 0.29) is 0 Å². The summed E-state index contributed by atoms with van der Waals surface area (Å²) in [7, 11) is 1.61. The predicted octanol–water partition coefficient (Wildman–Crippen LogP) is 3.51. The molecule has 0 saturated heterocycles. The van der Waals surface area contributed by atoms with Crippen molar-refractivity contribution in [3.05, 3.63) is 35.5 Å². The average Bonchev–Trinajstić information content (AvgIpc) is 2.71. The molecule has 0 aliphatic heterocycles. The van der Waals surface area contributed by atoms with Gasteiger partial charge < -0.3 is 4.74 Å². The largest absolute Gasteiger partial charge is 0.497 e. The minimum Gasteiger partial charge on any atom is -0.497 e. The normalized spacial score (nSPS) is 10.3. The number of rotatable bonds is 3. The lowest BCUT2D eigenvalue weighted by atomic mass is 10.1. The van der Waals surface area contributed by atoms with Gasteiger partial charge in [0.15, 0.2) is 0 Å². The molecule has 1 heterocycles. The number of hydrogen-bond acceptors (Lipinski definition) is 4. The Morgan fingerprint density at radius 1 is 1.35 bits per heavy atom. The number of carbonyl (C=O) groups excluding carboxylic acids is 1. The number of methoxy groups -OCH3 is 1. The molecule has 0 N–H and O–H groups in total. The molecular weight excluding hydrogens is 258 g/mol. The van der Waals surface area contributed by atoms with Gasteiger partial charge >= 0.3 is 0 Å². The quantitative estimate of drug-likeness (QED) is 0.799. The minimum atomic E-state index is -0.470. The molecule has 17 heavy (non-hydrogen) atoms. The van der Waals surface area contributed by atoms with Gasteiger partial charge in [-0.25, -0.2) is 0 Å². The van der Waals surface area contributed by atoms with Crippen LogP contribution in [0.2, 0.25) is 0 Å². The van der Waals surface area contributed by atoms with Crippen LogP contribution in [0.25, 0.3) is 10.4 Å². The van der Waals surface area contributed by atoms with Crippen LogP contribution in [0.1, 0.15) is 16.1 Å². The van der Waals surface area contributed by atoms with E-state index in [2.05, 4.69) is 4.37 Å². The van der Waals surface area contributed by atoms with Crippen molar-refractivity contribution in [1.82, 2.24) is 4.37 Å². The van der Waals surface area contributed by atoms with Gasteiger partial charge in [0.05, 0.1) is 23.2 Å². The van der Waals surface area contributed by atoms with Crippen LogP contribution >= 0.6 is 23.1 Å². The van der Waals surface area contributed by atoms with E-state index < -0.39 is 5.24 Å². The molecular formula is C12H10ClNO2S. The third kappa shape index (κ3) is 2.33. The molecule has 0 unspecified atom stereocenters. The van der Waals surface area contributed by atoms with Crippen LogP contribution in [0.3, 0.4) is 0 Å². The second-order valence-corrected chi connectivity index (χ2v) is 4.59. The first-order valence-electron chi connectivity index (χ1n) is 4.94. The SMILES string of the molecule is COc1ccc(-c2snc(C)c2C(=O)Cl)cc1. The molecule has 0 fully saturated rings. The van der Waals surface area contributed by atoms with Crippen molar-refractivity contribution in [2.75, 3.05) is 7.11 Å². The molecule has 0 amide bonds. The molecule has 0 radical (unpaired) electrons. The van der Waals surface area contributed by atoms with Crippen LogP contribution < -0.4 is 4.74 Å². The summed E-state index contributed by atoms with van der Waals surface area (Å²) in [6.45, 7) is 1.78. The minimum absolute atomic E-state index is 0.470. The van der Waals surface area contributed by atoms with E-state index in [1.807, 2.05) is 24.3 Å². The Hall–Kier alpha value is -1.39. The van der Waals surface area contributed by atoms with E-state index in [1.54, 1.807) is 14.0 Å². The number of hydrogen-bond donors (Lipinski definition) is 0. The molecule has 2 aromatic rings. The average molecular weight is 268 g/mol. The number of halogens is 1. The number of ether oxygens (including phenoxy) is 1. The fraction of sp³-hybridized carbons (Fsp3) is 0.167. The van der Waals surface area contributed by atoms with Gasteiger partial charge in [0, 0.05) is 0 Å². The second kappa shape index (κ2) is 4.85. The van der Waals surface area contributed by atoms with E-state index in [0.29, 0.717) is 11.3 Å². The fourth-order valence-electron chi connectivity index (χ4n) is 1.54. The van der Waals surface area contributed by atoms with Gasteiger partial charge in [0.2, 0.25) is 0 Å². The van der Waals surface area contributed by atoms with Gasteiger partial charge in [-0.3, -0.25) is 4.79 Å². The lowest BCUT2D eigenvalue weighted by molar-refractivity contribution is 0.108. The number of benzene rings is 1. The Bertz CT molecular complexity index is 548. The highest BCUT2D eigenvalue weighted by Crippen LogP contribution is 2.32. The smallest absolute Gasteiger partial charge is 0.255 e. The Kier molecular flexibility index (Phi) is 3.45. The van der Waals surface area contributed by atoms with E-state index in [4.69, 9.17) is 16.3 Å². The first kappa shape index (κ1) is 12.1. The summed E-state index contributed by atoms with van der Waals surface area (Å²) in [6.07, 6.45) is 0. The lowest BCUT2D eigenvalue weighted by Crippen LogP contribution is -1.92. The van der Waals surface area contributed by atoms with Gasteiger partial charge in [-0.2, -0.15) is 4.37 Å².